The maximum atomic E-state index is 13.7. The van der Waals surface area contributed by atoms with Crippen molar-refractivity contribution in [1.29, 1.82) is 0 Å². The molecule has 124 valence electrons. The molecule has 2 heterocycles. The van der Waals surface area contributed by atoms with Crippen molar-refractivity contribution in [2.45, 2.75) is 11.7 Å². The van der Waals surface area contributed by atoms with Gasteiger partial charge < -0.3 is 15.4 Å². The molecule has 0 bridgehead atoms. The monoisotopic (exact) mass is 349 g/mol. The number of carbonyl (C=O) groups excluding carboxylic acids is 2. The van der Waals surface area contributed by atoms with Crippen molar-refractivity contribution in [3.63, 3.8) is 0 Å². The highest BCUT2D eigenvalue weighted by molar-refractivity contribution is 6.30. The molecule has 1 aromatic rings. The van der Waals surface area contributed by atoms with Gasteiger partial charge in [0, 0.05) is 11.9 Å². The average molecular weight is 350 g/mol. The fourth-order valence-electron chi connectivity index (χ4n) is 2.29. The lowest BCUT2D eigenvalue weighted by atomic mass is 9.84. The molecule has 0 saturated carbocycles. The number of amides is 1. The Morgan fingerprint density at radius 1 is 1.52 bits per heavy atom. The molecule has 1 amide bonds. The molecule has 0 unspecified atom stereocenters. The summed E-state index contributed by atoms with van der Waals surface area (Å²) in [7, 11) is 0.917. The molecule has 0 aliphatic carbocycles. The first-order valence-corrected chi connectivity index (χ1v) is 6.56. The van der Waals surface area contributed by atoms with Crippen molar-refractivity contribution in [3.8, 4) is 0 Å². The zero-order chi connectivity index (χ0) is 17.4. The zero-order valence-corrected chi connectivity index (χ0v) is 12.5. The minimum absolute atomic E-state index is 0.196. The molecule has 1 aromatic heterocycles. The van der Waals surface area contributed by atoms with Gasteiger partial charge in [-0.15, -0.1) is 0 Å². The second kappa shape index (κ2) is 5.73. The van der Waals surface area contributed by atoms with Gasteiger partial charge in [0.2, 0.25) is 5.54 Å². The van der Waals surface area contributed by atoms with Crippen LogP contribution in [0.5, 0.6) is 0 Å². The van der Waals surface area contributed by atoms with E-state index in [1.165, 1.54) is 6.07 Å². The van der Waals surface area contributed by atoms with E-state index in [0.717, 1.165) is 19.4 Å². The number of esters is 1. The molecule has 2 rings (SSSR count). The smallest absolute Gasteiger partial charge is 0.421 e. The topological polar surface area (TPSA) is 80.3 Å². The summed E-state index contributed by atoms with van der Waals surface area (Å²) in [5, 5.41) is 4.13. The highest BCUT2D eigenvalue weighted by Gasteiger charge is 2.71. The Balaban J connectivity index is 2.57. The molecule has 1 fully saturated rings. The third-order valence-electron chi connectivity index (χ3n) is 3.35. The molecule has 6 nitrogen and oxygen atoms in total. The lowest BCUT2D eigenvalue weighted by Crippen LogP contribution is -2.62. The van der Waals surface area contributed by atoms with Gasteiger partial charge in [-0.1, -0.05) is 18.2 Å². The second-order valence-corrected chi connectivity index (χ2v) is 5.16. The number of nitrogens with zero attached hydrogens (tertiary/aromatic N) is 1. The number of ether oxygens (including phenoxy) is 1. The van der Waals surface area contributed by atoms with Crippen molar-refractivity contribution < 1.29 is 27.5 Å². The van der Waals surface area contributed by atoms with Gasteiger partial charge in [-0.3, -0.25) is 9.59 Å². The Morgan fingerprint density at radius 2 is 2.17 bits per heavy atom. The number of hydrogen-bond donors (Lipinski definition) is 2. The van der Waals surface area contributed by atoms with E-state index in [-0.39, 0.29) is 10.8 Å². The maximum absolute atomic E-state index is 13.7. The zero-order valence-electron chi connectivity index (χ0n) is 11.7. The normalized spacial score (nSPS) is 24.3. The molecule has 23 heavy (non-hydrogen) atoms. The summed E-state index contributed by atoms with van der Waals surface area (Å²) in [6.45, 7) is 3.31. The number of hydrogen-bond acceptors (Lipinski definition) is 5. The lowest BCUT2D eigenvalue weighted by Gasteiger charge is -2.34. The van der Waals surface area contributed by atoms with Crippen LogP contribution in [0.3, 0.4) is 0 Å². The van der Waals surface area contributed by atoms with Gasteiger partial charge in [0.05, 0.1) is 12.1 Å². The highest BCUT2D eigenvalue weighted by atomic mass is 35.5. The van der Waals surface area contributed by atoms with Gasteiger partial charge >= 0.3 is 12.1 Å². The molecule has 0 aromatic carbocycles. The van der Waals surface area contributed by atoms with Crippen molar-refractivity contribution >= 4 is 29.3 Å². The minimum atomic E-state index is -5.13. The van der Waals surface area contributed by atoms with Crippen LogP contribution < -0.4 is 10.6 Å². The molecule has 2 atom stereocenters. The highest BCUT2D eigenvalue weighted by Crippen LogP contribution is 2.45. The predicted molar refractivity (Wildman–Crippen MR) is 74.4 cm³/mol. The van der Waals surface area contributed by atoms with E-state index in [2.05, 4.69) is 16.3 Å². The van der Waals surface area contributed by atoms with Crippen LogP contribution in [-0.2, 0) is 14.3 Å². The third kappa shape index (κ3) is 2.72. The summed E-state index contributed by atoms with van der Waals surface area (Å²) in [5.74, 6) is -5.02. The van der Waals surface area contributed by atoms with Crippen LogP contribution >= 0.6 is 11.6 Å². The Morgan fingerprint density at radius 3 is 2.65 bits per heavy atom. The predicted octanol–water partition coefficient (Wildman–Crippen LogP) is 1.88. The van der Waals surface area contributed by atoms with Crippen molar-refractivity contribution in [1.82, 2.24) is 10.3 Å². The van der Waals surface area contributed by atoms with E-state index < -0.39 is 35.2 Å². The number of anilines is 1. The van der Waals surface area contributed by atoms with Crippen LogP contribution in [0.1, 0.15) is 0 Å². The second-order valence-electron chi connectivity index (χ2n) is 4.73. The van der Waals surface area contributed by atoms with Crippen molar-refractivity contribution in [3.05, 3.63) is 35.6 Å². The van der Waals surface area contributed by atoms with Crippen LogP contribution in [0.25, 0.3) is 0 Å². The molecule has 1 saturated heterocycles. The summed E-state index contributed by atoms with van der Waals surface area (Å²) in [6, 6.07) is 2.44. The van der Waals surface area contributed by atoms with Gasteiger partial charge in [0.1, 0.15) is 11.7 Å². The minimum Gasteiger partial charge on any atom is -0.468 e. The first-order valence-electron chi connectivity index (χ1n) is 6.18. The number of aromatic nitrogens is 1. The quantitative estimate of drug-likeness (QED) is 0.814. The Bertz CT molecular complexity index is 663. The summed E-state index contributed by atoms with van der Waals surface area (Å²) in [5.41, 5.74) is -3.70. The number of carbonyl (C=O) groups is 2. The van der Waals surface area contributed by atoms with E-state index in [0.29, 0.717) is 0 Å². The summed E-state index contributed by atoms with van der Waals surface area (Å²) >= 11 is 5.63. The van der Waals surface area contributed by atoms with Crippen LogP contribution in [0.4, 0.5) is 19.0 Å². The summed E-state index contributed by atoms with van der Waals surface area (Å²) in [4.78, 5) is 27.5. The number of nitrogens with one attached hydrogen (secondary N) is 2. The van der Waals surface area contributed by atoms with E-state index >= 15 is 0 Å². The number of halogens is 4. The lowest BCUT2D eigenvalue weighted by molar-refractivity contribution is -0.195. The molecule has 0 spiro atoms. The summed E-state index contributed by atoms with van der Waals surface area (Å²) < 4.78 is 45.6. The van der Waals surface area contributed by atoms with Gasteiger partial charge in [-0.2, -0.15) is 13.2 Å². The van der Waals surface area contributed by atoms with Crippen molar-refractivity contribution in [2.24, 2.45) is 5.92 Å². The molecule has 0 radical (unpaired) electrons. The van der Waals surface area contributed by atoms with Crippen LogP contribution in [-0.4, -0.2) is 35.7 Å². The van der Waals surface area contributed by atoms with Gasteiger partial charge in [-0.05, 0) is 12.1 Å². The van der Waals surface area contributed by atoms with E-state index in [4.69, 9.17) is 11.6 Å². The molecular formula is C13H11ClF3N3O3. The molecule has 10 heteroatoms. The SMILES string of the molecule is C=C1NC(=O)[C@](Nc2ccc(Cl)cn2)(C(F)(F)F)[C@@H]1C(=O)OC. The molecular weight excluding hydrogens is 339 g/mol. The molecule has 1 aliphatic rings. The van der Waals surface area contributed by atoms with Gasteiger partial charge in [-0.25, -0.2) is 4.98 Å². The maximum Gasteiger partial charge on any atom is 0.421 e. The fourth-order valence-corrected chi connectivity index (χ4v) is 2.40. The Hall–Kier alpha value is -2.29. The van der Waals surface area contributed by atoms with E-state index in [1.807, 2.05) is 10.6 Å². The number of rotatable bonds is 3. The molecule has 1 aliphatic heterocycles. The van der Waals surface area contributed by atoms with Crippen LogP contribution in [0, 0.1) is 5.92 Å². The van der Waals surface area contributed by atoms with Gasteiger partial charge in [0.25, 0.3) is 5.91 Å². The standard InChI is InChI=1S/C13H11ClF3N3O3/c1-6-9(10(21)23-2)12(11(22)19-6,13(15,16)17)20-8-4-3-7(14)5-18-8/h3-5,9H,1H2,2H3,(H,18,20)(H,19,22)/t9-,12-/m0/s1. The van der Waals surface area contributed by atoms with Crippen LogP contribution in [0.2, 0.25) is 5.02 Å². The van der Waals surface area contributed by atoms with E-state index in [9.17, 15) is 22.8 Å². The Labute approximate surface area is 133 Å². The molecule has 2 N–H and O–H groups in total. The summed E-state index contributed by atoms with van der Waals surface area (Å²) in [6.07, 6.45) is -4.03. The average Bonchev–Trinajstić information content (AvgIpc) is 2.72. The third-order valence-corrected chi connectivity index (χ3v) is 3.57. The van der Waals surface area contributed by atoms with E-state index in [1.54, 1.807) is 0 Å². The number of methoxy groups -OCH3 is 1. The number of pyridine rings is 1. The van der Waals surface area contributed by atoms with Gasteiger partial charge in [0.15, 0.2) is 0 Å². The number of alkyl halides is 3. The van der Waals surface area contributed by atoms with Crippen molar-refractivity contribution in [2.75, 3.05) is 12.4 Å². The first kappa shape index (κ1) is 17.1. The largest absolute Gasteiger partial charge is 0.468 e. The fraction of sp³-hybridized carbons (Fsp3) is 0.308. The Kier molecular flexibility index (Phi) is 4.25. The van der Waals surface area contributed by atoms with Crippen LogP contribution in [0.15, 0.2) is 30.6 Å². The first-order chi connectivity index (χ1) is 10.6.